The summed E-state index contributed by atoms with van der Waals surface area (Å²) < 4.78 is 31.1. The SMILES string of the molecule is CC(=O)CC(C)Cc1ccc(C2CN(c3ncc(OCC4CC4(F)F)cn3)C2)cc1. The Balaban J connectivity index is 1.24. The summed E-state index contributed by atoms with van der Waals surface area (Å²) in [6.45, 7) is 5.44. The molecule has 0 amide bonds. The fourth-order valence-corrected chi connectivity index (χ4v) is 3.94. The number of anilines is 1. The van der Waals surface area contributed by atoms with E-state index in [1.807, 2.05) is 0 Å². The molecule has 0 N–H and O–H groups in total. The molecular formula is C23H27F2N3O2. The summed E-state index contributed by atoms with van der Waals surface area (Å²) in [4.78, 5) is 21.9. The van der Waals surface area contributed by atoms with E-state index >= 15 is 0 Å². The van der Waals surface area contributed by atoms with Crippen LogP contribution in [0.4, 0.5) is 14.7 Å². The topological polar surface area (TPSA) is 55.3 Å². The van der Waals surface area contributed by atoms with Gasteiger partial charge in [0.05, 0.1) is 24.9 Å². The first kappa shape index (κ1) is 20.7. The Morgan fingerprint density at radius 2 is 1.87 bits per heavy atom. The van der Waals surface area contributed by atoms with Crippen molar-refractivity contribution < 1.29 is 18.3 Å². The minimum atomic E-state index is -2.57. The van der Waals surface area contributed by atoms with E-state index in [0.29, 0.717) is 30.0 Å². The molecule has 0 bridgehead atoms. The third-order valence-corrected chi connectivity index (χ3v) is 5.86. The van der Waals surface area contributed by atoms with Crippen LogP contribution in [0.25, 0.3) is 0 Å². The smallest absolute Gasteiger partial charge is 0.255 e. The first-order chi connectivity index (χ1) is 14.3. The fourth-order valence-electron chi connectivity index (χ4n) is 3.94. The van der Waals surface area contributed by atoms with Gasteiger partial charge in [-0.2, -0.15) is 0 Å². The standard InChI is InChI=1S/C23H27F2N3O2/c1-15(7-16(2)29)8-17-3-5-18(6-4-17)19-12-28(13-19)22-26-10-21(11-27-22)30-14-20-9-23(20,24)25/h3-6,10-11,15,19-20H,7-9,12-14H2,1-2H3. The molecular weight excluding hydrogens is 388 g/mol. The van der Waals surface area contributed by atoms with Crippen molar-refractivity contribution in [2.75, 3.05) is 24.6 Å². The van der Waals surface area contributed by atoms with Crippen LogP contribution in [0, 0.1) is 11.8 Å². The molecule has 2 fully saturated rings. The normalized spacial score (nSPS) is 21.1. The van der Waals surface area contributed by atoms with Crippen LogP contribution in [0.3, 0.4) is 0 Å². The third kappa shape index (κ3) is 4.94. The van der Waals surface area contributed by atoms with Crippen LogP contribution < -0.4 is 9.64 Å². The summed E-state index contributed by atoms with van der Waals surface area (Å²) in [5.74, 6) is -1.17. The van der Waals surface area contributed by atoms with E-state index in [1.165, 1.54) is 11.1 Å². The molecule has 2 aliphatic rings. The number of alkyl halides is 2. The van der Waals surface area contributed by atoms with Gasteiger partial charge < -0.3 is 14.4 Å². The average molecular weight is 415 g/mol. The fraction of sp³-hybridized carbons (Fsp3) is 0.522. The van der Waals surface area contributed by atoms with Gasteiger partial charge in [-0.05, 0) is 30.4 Å². The molecule has 1 aliphatic heterocycles. The second-order valence-corrected chi connectivity index (χ2v) is 8.75. The molecule has 2 unspecified atom stereocenters. The summed E-state index contributed by atoms with van der Waals surface area (Å²) >= 11 is 0. The maximum Gasteiger partial charge on any atom is 0.255 e. The molecule has 2 heterocycles. The van der Waals surface area contributed by atoms with E-state index < -0.39 is 11.8 Å². The number of ether oxygens (including phenoxy) is 1. The number of hydrogen-bond donors (Lipinski definition) is 0. The number of rotatable bonds is 9. The molecule has 4 rings (SSSR count). The highest BCUT2D eigenvalue weighted by Crippen LogP contribution is 2.48. The Morgan fingerprint density at radius 1 is 1.23 bits per heavy atom. The van der Waals surface area contributed by atoms with Crippen LogP contribution >= 0.6 is 0 Å². The van der Waals surface area contributed by atoms with Gasteiger partial charge in [-0.25, -0.2) is 18.7 Å². The van der Waals surface area contributed by atoms with Crippen molar-refractivity contribution >= 4 is 11.7 Å². The highest BCUT2D eigenvalue weighted by Gasteiger charge is 2.57. The number of nitrogens with zero attached hydrogens (tertiary/aromatic N) is 3. The second kappa shape index (κ2) is 8.28. The molecule has 1 saturated carbocycles. The summed E-state index contributed by atoms with van der Waals surface area (Å²) in [5, 5.41) is 0. The van der Waals surface area contributed by atoms with Gasteiger partial charge in [0, 0.05) is 31.8 Å². The van der Waals surface area contributed by atoms with Crippen molar-refractivity contribution in [1.82, 2.24) is 9.97 Å². The average Bonchev–Trinajstić information content (AvgIpc) is 3.27. The van der Waals surface area contributed by atoms with Gasteiger partial charge in [0.25, 0.3) is 5.92 Å². The van der Waals surface area contributed by atoms with E-state index in [0.717, 1.165) is 19.5 Å². The molecule has 2 atom stereocenters. The number of hydrogen-bond acceptors (Lipinski definition) is 5. The van der Waals surface area contributed by atoms with Crippen LogP contribution in [-0.4, -0.2) is 41.4 Å². The van der Waals surface area contributed by atoms with Crippen molar-refractivity contribution in [3.05, 3.63) is 47.8 Å². The predicted octanol–water partition coefficient (Wildman–Crippen LogP) is 4.27. The number of ketones is 1. The molecule has 0 radical (unpaired) electrons. The van der Waals surface area contributed by atoms with Gasteiger partial charge in [0.15, 0.2) is 5.75 Å². The number of carbonyl (C=O) groups is 1. The van der Waals surface area contributed by atoms with E-state index in [9.17, 15) is 13.6 Å². The first-order valence-electron chi connectivity index (χ1n) is 10.5. The molecule has 1 aromatic carbocycles. The second-order valence-electron chi connectivity index (χ2n) is 8.75. The predicted molar refractivity (Wildman–Crippen MR) is 110 cm³/mol. The Hall–Kier alpha value is -2.57. The van der Waals surface area contributed by atoms with Crippen molar-refractivity contribution in [2.24, 2.45) is 11.8 Å². The van der Waals surface area contributed by atoms with E-state index in [2.05, 4.69) is 46.1 Å². The zero-order valence-corrected chi connectivity index (χ0v) is 17.4. The van der Waals surface area contributed by atoms with Gasteiger partial charge >= 0.3 is 0 Å². The van der Waals surface area contributed by atoms with E-state index in [4.69, 9.17) is 4.74 Å². The monoisotopic (exact) mass is 415 g/mol. The zero-order valence-electron chi connectivity index (χ0n) is 17.4. The number of benzene rings is 1. The quantitative estimate of drug-likeness (QED) is 0.612. The highest BCUT2D eigenvalue weighted by atomic mass is 19.3. The maximum atomic E-state index is 12.9. The third-order valence-electron chi connectivity index (χ3n) is 5.86. The van der Waals surface area contributed by atoms with E-state index in [-0.39, 0.29) is 18.8 Å². The largest absolute Gasteiger partial charge is 0.490 e. The molecule has 30 heavy (non-hydrogen) atoms. The number of carbonyl (C=O) groups excluding carboxylic acids is 1. The lowest BCUT2D eigenvalue weighted by Crippen LogP contribution is -2.45. The van der Waals surface area contributed by atoms with Crippen molar-refractivity contribution in [2.45, 2.75) is 45.0 Å². The minimum absolute atomic E-state index is 0.00498. The van der Waals surface area contributed by atoms with Gasteiger partial charge in [0.1, 0.15) is 5.78 Å². The highest BCUT2D eigenvalue weighted by molar-refractivity contribution is 5.75. The van der Waals surface area contributed by atoms with Crippen LogP contribution in [-0.2, 0) is 11.2 Å². The lowest BCUT2D eigenvalue weighted by molar-refractivity contribution is -0.117. The van der Waals surface area contributed by atoms with Crippen molar-refractivity contribution in [3.8, 4) is 5.75 Å². The first-order valence-corrected chi connectivity index (χ1v) is 10.5. The zero-order chi connectivity index (χ0) is 21.3. The number of Topliss-reactive ketones (excluding diaryl/α,β-unsaturated/α-hetero) is 1. The summed E-state index contributed by atoms with van der Waals surface area (Å²) in [7, 11) is 0. The Bertz CT molecular complexity index is 880. The van der Waals surface area contributed by atoms with Crippen LogP contribution in [0.5, 0.6) is 5.75 Å². The number of aromatic nitrogens is 2. The summed E-state index contributed by atoms with van der Waals surface area (Å²) in [5.41, 5.74) is 2.55. The Kier molecular flexibility index (Phi) is 5.71. The molecule has 1 aliphatic carbocycles. The molecule has 2 aromatic rings. The van der Waals surface area contributed by atoms with Gasteiger partial charge in [-0.15, -0.1) is 0 Å². The van der Waals surface area contributed by atoms with Crippen molar-refractivity contribution in [1.29, 1.82) is 0 Å². The molecule has 160 valence electrons. The molecule has 1 aromatic heterocycles. The molecule has 5 nitrogen and oxygen atoms in total. The Labute approximate surface area is 175 Å². The van der Waals surface area contributed by atoms with E-state index in [1.54, 1.807) is 19.3 Å². The van der Waals surface area contributed by atoms with Gasteiger partial charge in [-0.1, -0.05) is 31.2 Å². The summed E-state index contributed by atoms with van der Waals surface area (Å²) in [6, 6.07) is 8.65. The molecule has 1 saturated heterocycles. The molecule has 0 spiro atoms. The number of halogens is 2. The van der Waals surface area contributed by atoms with Crippen LogP contribution in [0.2, 0.25) is 0 Å². The minimum Gasteiger partial charge on any atom is -0.490 e. The van der Waals surface area contributed by atoms with Gasteiger partial charge in [0.2, 0.25) is 5.95 Å². The maximum absolute atomic E-state index is 12.9. The lowest BCUT2D eigenvalue weighted by atomic mass is 9.89. The van der Waals surface area contributed by atoms with Gasteiger partial charge in [-0.3, -0.25) is 0 Å². The van der Waals surface area contributed by atoms with Crippen molar-refractivity contribution in [3.63, 3.8) is 0 Å². The summed E-state index contributed by atoms with van der Waals surface area (Å²) in [6.07, 6.45) is 4.54. The van der Waals surface area contributed by atoms with Crippen LogP contribution in [0.1, 0.15) is 43.7 Å². The molecule has 7 heteroatoms. The van der Waals surface area contributed by atoms with Crippen LogP contribution in [0.15, 0.2) is 36.7 Å². The lowest BCUT2D eigenvalue weighted by Gasteiger charge is -2.39. The Morgan fingerprint density at radius 3 is 2.43 bits per heavy atom.